The number of aryl methyl sites for hydroxylation is 1. The lowest BCUT2D eigenvalue weighted by Crippen LogP contribution is -2.38. The van der Waals surface area contributed by atoms with E-state index >= 15 is 0 Å². The number of nitrogens with zero attached hydrogens (tertiary/aromatic N) is 1. The van der Waals surface area contributed by atoms with E-state index in [4.69, 9.17) is 4.74 Å². The normalized spacial score (nSPS) is 37.9. The molecule has 102 valence electrons. The van der Waals surface area contributed by atoms with E-state index in [1.54, 1.807) is 0 Å². The Kier molecular flexibility index (Phi) is 2.12. The summed E-state index contributed by atoms with van der Waals surface area (Å²) in [6.07, 6.45) is 3.57. The number of carbonyl (C=O) groups excluding carboxylic acids is 2. The van der Waals surface area contributed by atoms with Gasteiger partial charge in [0, 0.05) is 0 Å². The second-order valence-electron chi connectivity index (χ2n) is 5.98. The summed E-state index contributed by atoms with van der Waals surface area (Å²) in [4.78, 5) is 26.6. The van der Waals surface area contributed by atoms with E-state index in [0.29, 0.717) is 5.69 Å². The van der Waals surface area contributed by atoms with Gasteiger partial charge in [-0.2, -0.15) is 0 Å². The van der Waals surface area contributed by atoms with Crippen LogP contribution in [0.4, 0.5) is 5.69 Å². The Morgan fingerprint density at radius 2 is 1.85 bits per heavy atom. The van der Waals surface area contributed by atoms with E-state index in [1.165, 1.54) is 4.90 Å². The fourth-order valence-corrected chi connectivity index (χ4v) is 3.60. The molecule has 20 heavy (non-hydrogen) atoms. The van der Waals surface area contributed by atoms with Gasteiger partial charge in [0.2, 0.25) is 11.8 Å². The number of fused-ring (bicyclic) bond motifs is 5. The van der Waals surface area contributed by atoms with Gasteiger partial charge in [-0.05, 0) is 26.0 Å². The van der Waals surface area contributed by atoms with E-state index < -0.39 is 5.60 Å². The molecule has 1 aromatic carbocycles. The fourth-order valence-electron chi connectivity index (χ4n) is 3.60. The first-order chi connectivity index (χ1) is 9.51. The topological polar surface area (TPSA) is 46.6 Å². The molecule has 0 aromatic heterocycles. The van der Waals surface area contributed by atoms with Crippen LogP contribution in [-0.4, -0.2) is 23.5 Å². The molecule has 2 fully saturated rings. The summed E-state index contributed by atoms with van der Waals surface area (Å²) in [7, 11) is 0. The molecule has 2 bridgehead atoms. The molecule has 2 saturated heterocycles. The number of anilines is 1. The van der Waals surface area contributed by atoms with Crippen LogP contribution in [0.3, 0.4) is 0 Å². The first-order valence-corrected chi connectivity index (χ1v) is 6.83. The number of benzene rings is 1. The van der Waals surface area contributed by atoms with E-state index in [2.05, 4.69) is 0 Å². The van der Waals surface area contributed by atoms with Gasteiger partial charge in [0.25, 0.3) is 0 Å². The van der Waals surface area contributed by atoms with Crippen LogP contribution in [0.15, 0.2) is 36.4 Å². The molecule has 0 spiro atoms. The van der Waals surface area contributed by atoms with Crippen LogP contribution in [-0.2, 0) is 14.3 Å². The number of rotatable bonds is 1. The summed E-state index contributed by atoms with van der Waals surface area (Å²) in [5.41, 5.74) is 1.13. The van der Waals surface area contributed by atoms with Gasteiger partial charge in [-0.25, -0.2) is 4.90 Å². The van der Waals surface area contributed by atoms with Crippen molar-refractivity contribution >= 4 is 17.5 Å². The van der Waals surface area contributed by atoms with Crippen LogP contribution in [0.25, 0.3) is 0 Å². The van der Waals surface area contributed by atoms with Crippen LogP contribution in [0.5, 0.6) is 0 Å². The third kappa shape index (κ3) is 1.29. The second-order valence-corrected chi connectivity index (χ2v) is 5.98. The zero-order valence-electron chi connectivity index (χ0n) is 11.4. The third-order valence-electron chi connectivity index (χ3n) is 4.62. The second kappa shape index (κ2) is 3.58. The largest absolute Gasteiger partial charge is 0.362 e. The number of ether oxygens (including phenoxy) is 1. The maximum atomic E-state index is 12.7. The molecule has 0 saturated carbocycles. The Morgan fingerprint density at radius 1 is 1.15 bits per heavy atom. The highest BCUT2D eigenvalue weighted by Crippen LogP contribution is 2.52. The van der Waals surface area contributed by atoms with Gasteiger partial charge in [-0.1, -0.05) is 29.8 Å². The maximum absolute atomic E-state index is 12.7. The molecule has 3 aliphatic heterocycles. The molecule has 4 heteroatoms. The first kappa shape index (κ1) is 11.9. The van der Waals surface area contributed by atoms with Crippen LogP contribution in [0, 0.1) is 18.8 Å². The van der Waals surface area contributed by atoms with Crippen LogP contribution >= 0.6 is 0 Å². The molecule has 4 rings (SSSR count). The van der Waals surface area contributed by atoms with E-state index in [1.807, 2.05) is 50.3 Å². The van der Waals surface area contributed by atoms with Crippen molar-refractivity contribution in [2.45, 2.75) is 25.6 Å². The summed E-state index contributed by atoms with van der Waals surface area (Å²) in [6, 6.07) is 7.47. The van der Waals surface area contributed by atoms with Crippen molar-refractivity contribution in [2.24, 2.45) is 11.8 Å². The summed E-state index contributed by atoms with van der Waals surface area (Å²) in [5, 5.41) is 0. The molecule has 1 aromatic rings. The Morgan fingerprint density at radius 3 is 2.50 bits per heavy atom. The average molecular weight is 269 g/mol. The minimum atomic E-state index is -0.623. The lowest BCUT2D eigenvalue weighted by molar-refractivity contribution is -0.126. The maximum Gasteiger partial charge on any atom is 0.241 e. The van der Waals surface area contributed by atoms with Crippen molar-refractivity contribution in [2.75, 3.05) is 4.90 Å². The van der Waals surface area contributed by atoms with Gasteiger partial charge >= 0.3 is 0 Å². The van der Waals surface area contributed by atoms with Crippen LogP contribution in [0.1, 0.15) is 12.5 Å². The predicted molar refractivity (Wildman–Crippen MR) is 73.1 cm³/mol. The van der Waals surface area contributed by atoms with Gasteiger partial charge in [-0.15, -0.1) is 0 Å². The van der Waals surface area contributed by atoms with E-state index in [-0.39, 0.29) is 29.8 Å². The molecule has 0 aliphatic carbocycles. The lowest BCUT2D eigenvalue weighted by atomic mass is 9.78. The van der Waals surface area contributed by atoms with Gasteiger partial charge in [0.05, 0.1) is 29.2 Å². The van der Waals surface area contributed by atoms with E-state index in [0.717, 1.165) is 5.56 Å². The molecular weight excluding hydrogens is 254 g/mol. The Balaban J connectivity index is 1.77. The number of hydrogen-bond donors (Lipinski definition) is 0. The van der Waals surface area contributed by atoms with Gasteiger partial charge < -0.3 is 4.74 Å². The number of carbonyl (C=O) groups is 2. The summed E-state index contributed by atoms with van der Waals surface area (Å²) in [5.74, 6) is -1.02. The van der Waals surface area contributed by atoms with E-state index in [9.17, 15) is 9.59 Å². The molecule has 0 radical (unpaired) electrons. The highest BCUT2D eigenvalue weighted by Gasteiger charge is 2.65. The van der Waals surface area contributed by atoms with Crippen molar-refractivity contribution in [3.05, 3.63) is 42.0 Å². The van der Waals surface area contributed by atoms with Crippen molar-refractivity contribution in [3.8, 4) is 0 Å². The number of amides is 2. The quantitative estimate of drug-likeness (QED) is 0.577. The smallest absolute Gasteiger partial charge is 0.241 e. The fraction of sp³-hybridized carbons (Fsp3) is 0.375. The van der Waals surface area contributed by atoms with Crippen molar-refractivity contribution in [1.82, 2.24) is 0 Å². The third-order valence-corrected chi connectivity index (χ3v) is 4.62. The molecule has 4 atom stereocenters. The highest BCUT2D eigenvalue weighted by atomic mass is 16.5. The molecule has 3 heterocycles. The predicted octanol–water partition coefficient (Wildman–Crippen LogP) is 1.83. The van der Waals surface area contributed by atoms with Gasteiger partial charge in [0.1, 0.15) is 0 Å². The highest BCUT2D eigenvalue weighted by molar-refractivity contribution is 6.23. The Bertz CT molecular complexity index is 648. The summed E-state index contributed by atoms with van der Waals surface area (Å²) in [6.45, 7) is 3.86. The summed E-state index contributed by atoms with van der Waals surface area (Å²) < 4.78 is 5.79. The molecule has 0 unspecified atom stereocenters. The average Bonchev–Trinajstić information content (AvgIpc) is 3.01. The van der Waals surface area contributed by atoms with Crippen LogP contribution < -0.4 is 4.90 Å². The number of hydrogen-bond acceptors (Lipinski definition) is 3. The number of imide groups is 1. The molecular formula is C16H15NO3. The SMILES string of the molecule is Cc1ccc(N2C(=O)[C@H]3[C@H]4C=C[C@@](C)(O4)[C@H]3C2=O)cc1. The zero-order chi connectivity index (χ0) is 14.1. The molecule has 2 amide bonds. The molecule has 0 N–H and O–H groups in total. The van der Waals surface area contributed by atoms with Crippen molar-refractivity contribution in [3.63, 3.8) is 0 Å². The van der Waals surface area contributed by atoms with Crippen molar-refractivity contribution < 1.29 is 14.3 Å². The molecule has 3 aliphatic rings. The van der Waals surface area contributed by atoms with Crippen molar-refractivity contribution in [1.29, 1.82) is 0 Å². The van der Waals surface area contributed by atoms with Crippen LogP contribution in [0.2, 0.25) is 0 Å². The Labute approximate surface area is 117 Å². The van der Waals surface area contributed by atoms with Gasteiger partial charge in [0.15, 0.2) is 0 Å². The monoisotopic (exact) mass is 269 g/mol. The standard InChI is InChI=1S/C16H15NO3/c1-9-3-5-10(6-4-9)17-14(18)12-11-7-8-16(2,20-11)13(12)15(17)19/h3-8,11-13H,1-2H3/t11-,12+,13-,16-/m1/s1. The minimum absolute atomic E-state index is 0.137. The lowest BCUT2D eigenvalue weighted by Gasteiger charge is -2.24. The molecule has 4 nitrogen and oxygen atoms in total. The minimum Gasteiger partial charge on any atom is -0.362 e. The summed E-state index contributed by atoms with van der Waals surface area (Å²) >= 11 is 0. The first-order valence-electron chi connectivity index (χ1n) is 6.83. The van der Waals surface area contributed by atoms with Gasteiger partial charge in [-0.3, -0.25) is 9.59 Å². The Hall–Kier alpha value is -1.94. The zero-order valence-corrected chi connectivity index (χ0v) is 11.4.